The van der Waals surface area contributed by atoms with Crippen molar-refractivity contribution in [3.8, 4) is 0 Å². The normalized spacial score (nSPS) is 15.6. The van der Waals surface area contributed by atoms with Gasteiger partial charge in [0.25, 0.3) is 5.56 Å². The molecule has 0 amide bonds. The first-order valence-corrected chi connectivity index (χ1v) is 5.25. The van der Waals surface area contributed by atoms with Crippen LogP contribution >= 0.6 is 0 Å². The van der Waals surface area contributed by atoms with Gasteiger partial charge in [-0.1, -0.05) is 0 Å². The average molecular weight is 208 g/mol. The molecule has 0 saturated heterocycles. The van der Waals surface area contributed by atoms with Crippen LogP contribution in [0, 0.1) is 0 Å². The summed E-state index contributed by atoms with van der Waals surface area (Å²) in [5.41, 5.74) is -0.161. The van der Waals surface area contributed by atoms with Gasteiger partial charge in [-0.3, -0.25) is 4.79 Å². The first-order chi connectivity index (χ1) is 7.27. The quantitative estimate of drug-likeness (QED) is 0.729. The van der Waals surface area contributed by atoms with Gasteiger partial charge in [0.2, 0.25) is 0 Å². The second-order valence-corrected chi connectivity index (χ2v) is 3.91. The molecule has 0 bridgehead atoms. The highest BCUT2D eigenvalue weighted by Gasteiger charge is 2.25. The Balaban J connectivity index is 1.78. The first-order valence-electron chi connectivity index (χ1n) is 5.25. The SMILES string of the molecule is CN(CCNc1ncc[nH]c1=O)C1CC1. The fourth-order valence-corrected chi connectivity index (χ4v) is 1.53. The van der Waals surface area contributed by atoms with Crippen LogP contribution in [0.5, 0.6) is 0 Å². The molecule has 1 saturated carbocycles. The van der Waals surface area contributed by atoms with E-state index in [0.29, 0.717) is 5.82 Å². The Morgan fingerprint density at radius 1 is 1.67 bits per heavy atom. The van der Waals surface area contributed by atoms with Gasteiger partial charge in [-0.05, 0) is 19.9 Å². The summed E-state index contributed by atoms with van der Waals surface area (Å²) in [5, 5.41) is 3.03. The summed E-state index contributed by atoms with van der Waals surface area (Å²) in [4.78, 5) is 20.1. The lowest BCUT2D eigenvalue weighted by molar-refractivity contribution is 0.337. The van der Waals surface area contributed by atoms with E-state index in [0.717, 1.165) is 19.1 Å². The molecule has 0 atom stereocenters. The number of anilines is 1. The zero-order valence-corrected chi connectivity index (χ0v) is 8.86. The van der Waals surface area contributed by atoms with Crippen LogP contribution in [-0.2, 0) is 0 Å². The summed E-state index contributed by atoms with van der Waals surface area (Å²) >= 11 is 0. The molecule has 0 radical (unpaired) electrons. The van der Waals surface area contributed by atoms with Gasteiger partial charge in [0, 0.05) is 31.5 Å². The first kappa shape index (κ1) is 10.2. The lowest BCUT2D eigenvalue weighted by atomic mass is 10.5. The van der Waals surface area contributed by atoms with Gasteiger partial charge >= 0.3 is 0 Å². The fourth-order valence-electron chi connectivity index (χ4n) is 1.53. The molecule has 2 rings (SSSR count). The van der Waals surface area contributed by atoms with Crippen LogP contribution in [-0.4, -0.2) is 41.0 Å². The van der Waals surface area contributed by atoms with E-state index >= 15 is 0 Å². The van der Waals surface area contributed by atoms with Crippen molar-refractivity contribution in [2.45, 2.75) is 18.9 Å². The zero-order chi connectivity index (χ0) is 10.7. The van der Waals surface area contributed by atoms with Crippen LogP contribution in [0.3, 0.4) is 0 Å². The van der Waals surface area contributed by atoms with Gasteiger partial charge in [-0.2, -0.15) is 0 Å². The number of aromatic amines is 1. The number of likely N-dealkylation sites (N-methyl/N-ethyl adjacent to an activating group) is 1. The monoisotopic (exact) mass is 208 g/mol. The number of nitrogens with one attached hydrogen (secondary N) is 2. The van der Waals surface area contributed by atoms with E-state index in [4.69, 9.17) is 0 Å². The van der Waals surface area contributed by atoms with Gasteiger partial charge in [0.05, 0.1) is 0 Å². The van der Waals surface area contributed by atoms with Crippen LogP contribution in [0.15, 0.2) is 17.2 Å². The predicted octanol–water partition coefficient (Wildman–Crippen LogP) is 0.276. The second-order valence-electron chi connectivity index (χ2n) is 3.91. The number of hydrogen-bond donors (Lipinski definition) is 2. The number of H-pyrrole nitrogens is 1. The predicted molar refractivity (Wildman–Crippen MR) is 59.0 cm³/mol. The Kier molecular flexibility index (Phi) is 3.01. The Morgan fingerprint density at radius 2 is 2.47 bits per heavy atom. The molecular weight excluding hydrogens is 192 g/mol. The molecule has 0 aliphatic heterocycles. The van der Waals surface area contributed by atoms with Crippen LogP contribution < -0.4 is 10.9 Å². The van der Waals surface area contributed by atoms with E-state index < -0.39 is 0 Å². The van der Waals surface area contributed by atoms with Crippen LogP contribution in [0.4, 0.5) is 5.82 Å². The highest BCUT2D eigenvalue weighted by molar-refractivity contribution is 5.29. The third kappa shape index (κ3) is 2.79. The fraction of sp³-hybridized carbons (Fsp3) is 0.600. The van der Waals surface area contributed by atoms with Gasteiger partial charge in [0.1, 0.15) is 0 Å². The Labute approximate surface area is 88.5 Å². The van der Waals surface area contributed by atoms with Crippen molar-refractivity contribution in [3.05, 3.63) is 22.7 Å². The summed E-state index contributed by atoms with van der Waals surface area (Å²) in [7, 11) is 2.11. The number of hydrogen-bond acceptors (Lipinski definition) is 4. The molecule has 5 nitrogen and oxygen atoms in total. The van der Waals surface area contributed by atoms with Crippen molar-refractivity contribution in [1.82, 2.24) is 14.9 Å². The Bertz CT molecular complexity index is 372. The summed E-state index contributed by atoms with van der Waals surface area (Å²) in [6, 6.07) is 0.758. The Hall–Kier alpha value is -1.36. The van der Waals surface area contributed by atoms with Crippen molar-refractivity contribution in [3.63, 3.8) is 0 Å². The molecule has 1 aliphatic rings. The summed E-state index contributed by atoms with van der Waals surface area (Å²) < 4.78 is 0. The molecule has 1 aliphatic carbocycles. The van der Waals surface area contributed by atoms with Gasteiger partial charge in [0.15, 0.2) is 5.82 Å². The van der Waals surface area contributed by atoms with Gasteiger partial charge in [-0.15, -0.1) is 0 Å². The van der Waals surface area contributed by atoms with E-state index in [-0.39, 0.29) is 5.56 Å². The molecule has 1 fully saturated rings. The molecule has 1 heterocycles. The maximum Gasteiger partial charge on any atom is 0.290 e. The molecule has 1 aromatic rings. The maximum absolute atomic E-state index is 11.2. The average Bonchev–Trinajstić information content (AvgIpc) is 3.04. The summed E-state index contributed by atoms with van der Waals surface area (Å²) in [5.74, 6) is 0.404. The lowest BCUT2D eigenvalue weighted by Gasteiger charge is -2.15. The molecule has 2 N–H and O–H groups in total. The lowest BCUT2D eigenvalue weighted by Crippen LogP contribution is -2.28. The highest BCUT2D eigenvalue weighted by atomic mass is 16.1. The molecule has 1 aromatic heterocycles. The van der Waals surface area contributed by atoms with Crippen LogP contribution in [0.25, 0.3) is 0 Å². The zero-order valence-electron chi connectivity index (χ0n) is 8.86. The molecular formula is C10H16N4O. The van der Waals surface area contributed by atoms with Crippen molar-refractivity contribution in [2.24, 2.45) is 0 Å². The van der Waals surface area contributed by atoms with E-state index in [1.165, 1.54) is 19.0 Å². The van der Waals surface area contributed by atoms with Crippen molar-refractivity contribution in [1.29, 1.82) is 0 Å². The topological polar surface area (TPSA) is 61.0 Å². The van der Waals surface area contributed by atoms with Crippen LogP contribution in [0.1, 0.15) is 12.8 Å². The maximum atomic E-state index is 11.2. The minimum absolute atomic E-state index is 0.161. The molecule has 5 heteroatoms. The smallest absolute Gasteiger partial charge is 0.290 e. The molecule has 0 spiro atoms. The van der Waals surface area contributed by atoms with E-state index in [1.54, 1.807) is 6.20 Å². The standard InChI is InChI=1S/C10H16N4O/c1-14(8-2-3-8)7-6-12-9-10(15)13-5-4-11-9/h4-5,8H,2-3,6-7H2,1H3,(H,11,12)(H,13,15). The molecule has 0 aromatic carbocycles. The van der Waals surface area contributed by atoms with E-state index in [9.17, 15) is 4.79 Å². The van der Waals surface area contributed by atoms with E-state index in [1.807, 2.05) is 0 Å². The second kappa shape index (κ2) is 4.44. The third-order valence-corrected chi connectivity index (χ3v) is 2.63. The van der Waals surface area contributed by atoms with Crippen molar-refractivity contribution >= 4 is 5.82 Å². The minimum atomic E-state index is -0.161. The summed E-state index contributed by atoms with van der Waals surface area (Å²) in [6.07, 6.45) is 5.72. The van der Waals surface area contributed by atoms with Crippen LogP contribution in [0.2, 0.25) is 0 Å². The highest BCUT2D eigenvalue weighted by Crippen LogP contribution is 2.24. The molecule has 82 valence electrons. The van der Waals surface area contributed by atoms with Crippen molar-refractivity contribution in [2.75, 3.05) is 25.5 Å². The largest absolute Gasteiger partial charge is 0.364 e. The van der Waals surface area contributed by atoms with Crippen molar-refractivity contribution < 1.29 is 0 Å². The summed E-state index contributed by atoms with van der Waals surface area (Å²) in [6.45, 7) is 1.70. The number of rotatable bonds is 5. The van der Waals surface area contributed by atoms with E-state index in [2.05, 4.69) is 27.2 Å². The Morgan fingerprint density at radius 3 is 3.13 bits per heavy atom. The molecule has 15 heavy (non-hydrogen) atoms. The minimum Gasteiger partial charge on any atom is -0.364 e. The number of aromatic nitrogens is 2. The van der Waals surface area contributed by atoms with Gasteiger partial charge in [-0.25, -0.2) is 4.98 Å². The van der Waals surface area contributed by atoms with Gasteiger partial charge < -0.3 is 15.2 Å². The third-order valence-electron chi connectivity index (χ3n) is 2.63. The number of nitrogens with zero attached hydrogens (tertiary/aromatic N) is 2. The molecule has 0 unspecified atom stereocenters.